The summed E-state index contributed by atoms with van der Waals surface area (Å²) in [7, 11) is 1.67. The molecule has 0 N–H and O–H groups in total. The van der Waals surface area contributed by atoms with Gasteiger partial charge in [0.1, 0.15) is 0 Å². The normalized spacial score (nSPS) is 10.4. The van der Waals surface area contributed by atoms with Crippen molar-refractivity contribution in [3.63, 3.8) is 0 Å². The van der Waals surface area contributed by atoms with E-state index in [1.165, 1.54) is 4.80 Å². The molecule has 1 aromatic carbocycles. The number of halogens is 1. The molecule has 0 saturated carbocycles. The van der Waals surface area contributed by atoms with Crippen LogP contribution in [0.25, 0.3) is 0 Å². The van der Waals surface area contributed by atoms with Crippen molar-refractivity contribution in [2.24, 2.45) is 7.05 Å². The summed E-state index contributed by atoms with van der Waals surface area (Å²) in [5.41, 5.74) is 0.649. The summed E-state index contributed by atoms with van der Waals surface area (Å²) >= 11 is 3.32. The van der Waals surface area contributed by atoms with Crippen LogP contribution in [0.15, 0.2) is 28.7 Å². The van der Waals surface area contributed by atoms with Crippen molar-refractivity contribution in [3.05, 3.63) is 40.1 Å². The second kappa shape index (κ2) is 4.52. The number of aryl methyl sites for hydroxylation is 1. The Balaban J connectivity index is 2.11. The molecule has 0 aliphatic carbocycles. The average Bonchev–Trinajstić information content (AvgIpc) is 2.65. The van der Waals surface area contributed by atoms with E-state index in [0.29, 0.717) is 11.4 Å². The van der Waals surface area contributed by atoms with E-state index in [1.807, 2.05) is 12.1 Å². The Kier molecular flexibility index (Phi) is 3.09. The van der Waals surface area contributed by atoms with Gasteiger partial charge in [0.15, 0.2) is 11.6 Å². The Bertz CT molecular complexity index is 506. The molecule has 0 radical (unpaired) electrons. The summed E-state index contributed by atoms with van der Waals surface area (Å²) in [6.45, 7) is 0. The van der Waals surface area contributed by atoms with Gasteiger partial charge in [0.05, 0.1) is 13.5 Å². The number of nitrogens with zero attached hydrogens (tertiary/aromatic N) is 4. The molecule has 2 rings (SSSR count). The van der Waals surface area contributed by atoms with Crippen LogP contribution in [0.3, 0.4) is 0 Å². The fourth-order valence-electron chi connectivity index (χ4n) is 1.28. The van der Waals surface area contributed by atoms with Gasteiger partial charge in [-0.15, -0.1) is 10.2 Å². The predicted molar refractivity (Wildman–Crippen MR) is 61.0 cm³/mol. The van der Waals surface area contributed by atoms with Gasteiger partial charge in [-0.25, -0.2) is 0 Å². The van der Waals surface area contributed by atoms with Crippen molar-refractivity contribution >= 4 is 21.7 Å². The van der Waals surface area contributed by atoms with E-state index in [4.69, 9.17) is 0 Å². The maximum absolute atomic E-state index is 11.8. The Morgan fingerprint density at radius 1 is 1.38 bits per heavy atom. The first-order chi connectivity index (χ1) is 7.65. The van der Waals surface area contributed by atoms with E-state index >= 15 is 0 Å². The number of aromatic nitrogens is 4. The van der Waals surface area contributed by atoms with E-state index in [1.54, 1.807) is 19.2 Å². The van der Waals surface area contributed by atoms with Crippen LogP contribution >= 0.6 is 15.9 Å². The number of hydrogen-bond acceptors (Lipinski definition) is 4. The number of benzene rings is 1. The highest BCUT2D eigenvalue weighted by Crippen LogP contribution is 2.11. The number of Topliss-reactive ketones (excluding diaryl/α,β-unsaturated/α-hetero) is 1. The maximum Gasteiger partial charge on any atom is 0.182 e. The highest BCUT2D eigenvalue weighted by atomic mass is 79.9. The fourth-order valence-corrected chi connectivity index (χ4v) is 1.54. The Labute approximate surface area is 101 Å². The molecule has 82 valence electrons. The minimum absolute atomic E-state index is 0.0134. The van der Waals surface area contributed by atoms with Gasteiger partial charge < -0.3 is 0 Å². The van der Waals surface area contributed by atoms with Gasteiger partial charge in [-0.05, 0) is 17.3 Å². The summed E-state index contributed by atoms with van der Waals surface area (Å²) in [4.78, 5) is 13.1. The first kappa shape index (κ1) is 10.9. The fraction of sp³-hybridized carbons (Fsp3) is 0.200. The van der Waals surface area contributed by atoms with Crippen molar-refractivity contribution < 1.29 is 4.79 Å². The molecule has 0 spiro atoms. The Morgan fingerprint density at radius 2 is 2.06 bits per heavy atom. The molecule has 0 fully saturated rings. The van der Waals surface area contributed by atoms with Crippen molar-refractivity contribution in [1.29, 1.82) is 0 Å². The molecule has 2 aromatic rings. The van der Waals surface area contributed by atoms with Crippen LogP contribution in [-0.2, 0) is 13.5 Å². The molecular weight excluding hydrogens is 272 g/mol. The lowest BCUT2D eigenvalue weighted by Crippen LogP contribution is -2.05. The number of carbonyl (C=O) groups is 1. The van der Waals surface area contributed by atoms with Gasteiger partial charge in [-0.3, -0.25) is 4.79 Å². The van der Waals surface area contributed by atoms with Crippen LogP contribution in [0.5, 0.6) is 0 Å². The number of rotatable bonds is 3. The zero-order chi connectivity index (χ0) is 11.5. The summed E-state index contributed by atoms with van der Waals surface area (Å²) in [6, 6.07) is 7.19. The Hall–Kier alpha value is -1.56. The summed E-state index contributed by atoms with van der Waals surface area (Å²) in [6.07, 6.45) is 0.176. The molecule has 5 nitrogen and oxygen atoms in total. The SMILES string of the molecule is Cn1nnc(CC(=O)c2ccc(Br)cc2)n1. The smallest absolute Gasteiger partial charge is 0.182 e. The maximum atomic E-state index is 11.8. The van der Waals surface area contributed by atoms with E-state index in [2.05, 4.69) is 31.3 Å². The summed E-state index contributed by atoms with van der Waals surface area (Å²) < 4.78 is 0.946. The lowest BCUT2D eigenvalue weighted by atomic mass is 10.1. The molecule has 0 saturated heterocycles. The molecule has 1 heterocycles. The number of carbonyl (C=O) groups excluding carboxylic acids is 1. The van der Waals surface area contributed by atoms with Gasteiger partial charge in [0.25, 0.3) is 0 Å². The predicted octanol–water partition coefficient (Wildman–Crippen LogP) is 1.40. The molecular formula is C10H9BrN4O. The molecule has 0 atom stereocenters. The topological polar surface area (TPSA) is 60.7 Å². The van der Waals surface area contributed by atoms with Crippen LogP contribution < -0.4 is 0 Å². The molecule has 0 aliphatic heterocycles. The quantitative estimate of drug-likeness (QED) is 0.798. The average molecular weight is 281 g/mol. The first-order valence-corrected chi connectivity index (χ1v) is 5.46. The second-order valence-corrected chi connectivity index (χ2v) is 4.22. The highest BCUT2D eigenvalue weighted by molar-refractivity contribution is 9.10. The van der Waals surface area contributed by atoms with Gasteiger partial charge >= 0.3 is 0 Å². The van der Waals surface area contributed by atoms with Crippen molar-refractivity contribution in [1.82, 2.24) is 20.2 Å². The molecule has 0 aliphatic rings. The van der Waals surface area contributed by atoms with Crippen LogP contribution in [0.2, 0.25) is 0 Å². The zero-order valence-electron chi connectivity index (χ0n) is 8.59. The third kappa shape index (κ3) is 2.52. The van der Waals surface area contributed by atoms with Crippen LogP contribution in [0.4, 0.5) is 0 Å². The standard InChI is InChI=1S/C10H9BrN4O/c1-15-13-10(12-14-15)6-9(16)7-2-4-8(11)5-3-7/h2-5H,6H2,1H3. The van der Waals surface area contributed by atoms with Crippen LogP contribution in [0.1, 0.15) is 16.2 Å². The molecule has 6 heteroatoms. The molecule has 0 bridgehead atoms. The third-order valence-electron chi connectivity index (χ3n) is 2.03. The Morgan fingerprint density at radius 3 is 2.62 bits per heavy atom. The summed E-state index contributed by atoms with van der Waals surface area (Å²) in [5, 5.41) is 11.4. The first-order valence-electron chi connectivity index (χ1n) is 4.67. The van der Waals surface area contributed by atoms with Crippen LogP contribution in [-0.4, -0.2) is 26.0 Å². The van der Waals surface area contributed by atoms with E-state index < -0.39 is 0 Å². The van der Waals surface area contributed by atoms with Crippen molar-refractivity contribution in [2.75, 3.05) is 0 Å². The van der Waals surface area contributed by atoms with Gasteiger partial charge in [0, 0.05) is 10.0 Å². The lowest BCUT2D eigenvalue weighted by molar-refractivity contribution is 0.0990. The largest absolute Gasteiger partial charge is 0.294 e. The molecule has 0 unspecified atom stereocenters. The van der Waals surface area contributed by atoms with Gasteiger partial charge in [-0.1, -0.05) is 28.1 Å². The zero-order valence-corrected chi connectivity index (χ0v) is 10.2. The molecule has 16 heavy (non-hydrogen) atoms. The summed E-state index contributed by atoms with van der Waals surface area (Å²) in [5.74, 6) is 0.427. The number of hydrogen-bond donors (Lipinski definition) is 0. The van der Waals surface area contributed by atoms with E-state index in [-0.39, 0.29) is 12.2 Å². The van der Waals surface area contributed by atoms with Gasteiger partial charge in [0.2, 0.25) is 0 Å². The second-order valence-electron chi connectivity index (χ2n) is 3.30. The van der Waals surface area contributed by atoms with E-state index in [9.17, 15) is 4.79 Å². The molecule has 1 aromatic heterocycles. The molecule has 0 amide bonds. The van der Waals surface area contributed by atoms with E-state index in [0.717, 1.165) is 4.47 Å². The lowest BCUT2D eigenvalue weighted by Gasteiger charge is -1.97. The van der Waals surface area contributed by atoms with Crippen LogP contribution in [0, 0.1) is 0 Å². The van der Waals surface area contributed by atoms with Crippen molar-refractivity contribution in [2.45, 2.75) is 6.42 Å². The minimum atomic E-state index is -0.0134. The van der Waals surface area contributed by atoms with Gasteiger partial charge in [-0.2, -0.15) is 4.80 Å². The third-order valence-corrected chi connectivity index (χ3v) is 2.56. The monoisotopic (exact) mass is 280 g/mol. The highest BCUT2D eigenvalue weighted by Gasteiger charge is 2.10. The number of tetrazole rings is 1. The minimum Gasteiger partial charge on any atom is -0.294 e. The van der Waals surface area contributed by atoms with Crippen molar-refractivity contribution in [3.8, 4) is 0 Å². The number of ketones is 1.